The fraction of sp³-hybridized carbons (Fsp3) is 0.125. The molecule has 0 aliphatic rings. The van der Waals surface area contributed by atoms with Crippen molar-refractivity contribution in [3.05, 3.63) is 58.1 Å². The molecule has 1 aromatic heterocycles. The van der Waals surface area contributed by atoms with Crippen LogP contribution in [-0.2, 0) is 0 Å². The molecule has 0 saturated heterocycles. The Morgan fingerprint density at radius 3 is 2.64 bits per heavy atom. The van der Waals surface area contributed by atoms with E-state index in [-0.39, 0.29) is 11.5 Å². The van der Waals surface area contributed by atoms with E-state index >= 15 is 0 Å². The maximum absolute atomic E-state index is 12.4. The molecule has 25 heavy (non-hydrogen) atoms. The number of halogens is 2. The normalized spacial score (nSPS) is 10.7. The van der Waals surface area contributed by atoms with Crippen molar-refractivity contribution in [2.24, 2.45) is 0 Å². The Labute approximate surface area is 158 Å². The summed E-state index contributed by atoms with van der Waals surface area (Å²) in [5.41, 5.74) is 1.26. The molecule has 0 atom stereocenters. The first-order chi connectivity index (χ1) is 12.1. The summed E-state index contributed by atoms with van der Waals surface area (Å²) in [6, 6.07) is 12.0. The van der Waals surface area contributed by atoms with E-state index in [1.807, 2.05) is 0 Å². The Morgan fingerprint density at radius 2 is 1.96 bits per heavy atom. The number of Topliss-reactive ketones (excluding diaryl/α,β-unsaturated/α-hetero) is 1. The molecule has 0 unspecified atom stereocenters. The van der Waals surface area contributed by atoms with Crippen LogP contribution < -0.4 is 4.74 Å². The zero-order valence-electron chi connectivity index (χ0n) is 13.0. The minimum atomic E-state index is -0.0831. The molecule has 3 rings (SSSR count). The third-order valence-corrected chi connectivity index (χ3v) is 4.78. The second-order valence-electron chi connectivity index (χ2n) is 4.91. The molecular formula is C16H12Cl2N4O2S. The molecule has 0 amide bonds. The minimum absolute atomic E-state index is 0.0831. The van der Waals surface area contributed by atoms with Crippen LogP contribution in [0.1, 0.15) is 10.4 Å². The number of thioether (sulfide) groups is 1. The smallest absolute Gasteiger partial charge is 0.214 e. The van der Waals surface area contributed by atoms with Gasteiger partial charge < -0.3 is 4.74 Å². The van der Waals surface area contributed by atoms with Gasteiger partial charge in [0.25, 0.3) is 0 Å². The SMILES string of the molecule is COc1ccc(C(=O)CSc2nnnn2-c2ccc(Cl)cc2)cc1Cl. The first-order valence-electron chi connectivity index (χ1n) is 7.12. The van der Waals surface area contributed by atoms with E-state index < -0.39 is 0 Å². The Bertz CT molecular complexity index is 899. The lowest BCUT2D eigenvalue weighted by Crippen LogP contribution is -2.05. The summed E-state index contributed by atoms with van der Waals surface area (Å²) in [6.45, 7) is 0. The minimum Gasteiger partial charge on any atom is -0.495 e. The molecule has 3 aromatic rings. The number of ketones is 1. The maximum atomic E-state index is 12.4. The molecule has 0 aliphatic heterocycles. The highest BCUT2D eigenvalue weighted by atomic mass is 35.5. The quantitative estimate of drug-likeness (QED) is 0.465. The zero-order chi connectivity index (χ0) is 17.8. The van der Waals surface area contributed by atoms with Gasteiger partial charge in [0.05, 0.1) is 23.6 Å². The maximum Gasteiger partial charge on any atom is 0.214 e. The van der Waals surface area contributed by atoms with Gasteiger partial charge in [-0.15, -0.1) is 5.10 Å². The Kier molecular flexibility index (Phi) is 5.57. The van der Waals surface area contributed by atoms with Crippen molar-refractivity contribution in [3.8, 4) is 11.4 Å². The number of tetrazole rings is 1. The van der Waals surface area contributed by atoms with Crippen LogP contribution in [0.15, 0.2) is 47.6 Å². The first-order valence-corrected chi connectivity index (χ1v) is 8.86. The lowest BCUT2D eigenvalue weighted by Gasteiger charge is -2.06. The van der Waals surface area contributed by atoms with Gasteiger partial charge in [0.15, 0.2) is 5.78 Å². The molecule has 0 radical (unpaired) electrons. The standard InChI is InChI=1S/C16H12Cl2N4O2S/c1-24-15-7-2-10(8-13(15)18)14(23)9-25-16-19-20-21-22(16)12-5-3-11(17)4-6-12/h2-8H,9H2,1H3. The largest absolute Gasteiger partial charge is 0.495 e. The van der Waals surface area contributed by atoms with Gasteiger partial charge in [-0.25, -0.2) is 0 Å². The summed E-state index contributed by atoms with van der Waals surface area (Å²) in [5, 5.41) is 13.1. The van der Waals surface area contributed by atoms with Crippen molar-refractivity contribution >= 4 is 40.7 Å². The molecule has 128 valence electrons. The van der Waals surface area contributed by atoms with E-state index in [1.54, 1.807) is 47.1 Å². The number of nitrogens with zero attached hydrogens (tertiary/aromatic N) is 4. The number of hydrogen-bond acceptors (Lipinski definition) is 6. The van der Waals surface area contributed by atoms with E-state index in [4.69, 9.17) is 27.9 Å². The lowest BCUT2D eigenvalue weighted by atomic mass is 10.1. The fourth-order valence-corrected chi connectivity index (χ4v) is 3.24. The number of carbonyl (C=O) groups excluding carboxylic acids is 1. The number of methoxy groups -OCH3 is 1. The first kappa shape index (κ1) is 17.7. The van der Waals surface area contributed by atoms with Gasteiger partial charge in [0.1, 0.15) is 5.75 Å². The summed E-state index contributed by atoms with van der Waals surface area (Å²) in [4.78, 5) is 12.4. The van der Waals surface area contributed by atoms with Gasteiger partial charge >= 0.3 is 0 Å². The molecule has 0 bridgehead atoms. The molecule has 0 saturated carbocycles. The lowest BCUT2D eigenvalue weighted by molar-refractivity contribution is 0.102. The molecule has 0 N–H and O–H groups in total. The van der Waals surface area contributed by atoms with Crippen LogP contribution in [0.5, 0.6) is 5.75 Å². The van der Waals surface area contributed by atoms with Crippen molar-refractivity contribution in [3.63, 3.8) is 0 Å². The summed E-state index contributed by atoms with van der Waals surface area (Å²) in [7, 11) is 1.52. The predicted octanol–water partition coefficient (Wildman–Crippen LogP) is 3.95. The van der Waals surface area contributed by atoms with E-state index in [9.17, 15) is 4.79 Å². The van der Waals surface area contributed by atoms with Crippen LogP contribution >= 0.6 is 35.0 Å². The van der Waals surface area contributed by atoms with Crippen molar-refractivity contribution in [1.29, 1.82) is 0 Å². The van der Waals surface area contributed by atoms with E-state index in [2.05, 4.69) is 15.5 Å². The molecule has 0 aliphatic carbocycles. The van der Waals surface area contributed by atoms with Gasteiger partial charge in [-0.05, 0) is 52.9 Å². The van der Waals surface area contributed by atoms with Crippen molar-refractivity contribution in [1.82, 2.24) is 20.2 Å². The van der Waals surface area contributed by atoms with Gasteiger partial charge in [-0.1, -0.05) is 35.0 Å². The van der Waals surface area contributed by atoms with Crippen LogP contribution in [0.3, 0.4) is 0 Å². The molecule has 9 heteroatoms. The molecule has 6 nitrogen and oxygen atoms in total. The van der Waals surface area contributed by atoms with E-state index in [1.165, 1.54) is 18.9 Å². The highest BCUT2D eigenvalue weighted by Gasteiger charge is 2.14. The highest BCUT2D eigenvalue weighted by molar-refractivity contribution is 7.99. The second-order valence-corrected chi connectivity index (χ2v) is 6.70. The number of benzene rings is 2. The van der Waals surface area contributed by atoms with Crippen molar-refractivity contribution < 1.29 is 9.53 Å². The predicted molar refractivity (Wildman–Crippen MR) is 97.2 cm³/mol. The summed E-state index contributed by atoms with van der Waals surface area (Å²) >= 11 is 13.2. The average molecular weight is 395 g/mol. The Balaban J connectivity index is 1.72. The third kappa shape index (κ3) is 4.12. The highest BCUT2D eigenvalue weighted by Crippen LogP contribution is 2.26. The van der Waals surface area contributed by atoms with Crippen molar-refractivity contribution in [2.45, 2.75) is 5.16 Å². The van der Waals surface area contributed by atoms with Crippen LogP contribution in [0.25, 0.3) is 5.69 Å². The molecular weight excluding hydrogens is 383 g/mol. The molecule has 1 heterocycles. The average Bonchev–Trinajstić information content (AvgIpc) is 3.08. The fourth-order valence-electron chi connectivity index (χ4n) is 2.07. The Morgan fingerprint density at radius 1 is 1.20 bits per heavy atom. The number of aromatic nitrogens is 4. The van der Waals surface area contributed by atoms with Gasteiger partial charge in [-0.2, -0.15) is 4.68 Å². The molecule has 2 aromatic carbocycles. The second kappa shape index (κ2) is 7.86. The zero-order valence-corrected chi connectivity index (χ0v) is 15.3. The van der Waals surface area contributed by atoms with Crippen LogP contribution in [0, 0.1) is 0 Å². The van der Waals surface area contributed by atoms with Crippen LogP contribution in [0.4, 0.5) is 0 Å². The van der Waals surface area contributed by atoms with E-state index in [0.717, 1.165) is 5.69 Å². The van der Waals surface area contributed by atoms with Crippen LogP contribution in [-0.4, -0.2) is 38.9 Å². The van der Waals surface area contributed by atoms with Gasteiger partial charge in [-0.3, -0.25) is 4.79 Å². The number of hydrogen-bond donors (Lipinski definition) is 0. The Hall–Kier alpha value is -2.09. The van der Waals surface area contributed by atoms with Crippen molar-refractivity contribution in [2.75, 3.05) is 12.9 Å². The third-order valence-electron chi connectivity index (χ3n) is 3.32. The monoisotopic (exact) mass is 394 g/mol. The van der Waals surface area contributed by atoms with Gasteiger partial charge in [0.2, 0.25) is 5.16 Å². The van der Waals surface area contributed by atoms with Gasteiger partial charge in [0, 0.05) is 10.6 Å². The van der Waals surface area contributed by atoms with E-state index in [0.29, 0.717) is 26.5 Å². The molecule has 0 fully saturated rings. The molecule has 0 spiro atoms. The number of carbonyl (C=O) groups is 1. The number of ether oxygens (including phenoxy) is 1. The topological polar surface area (TPSA) is 69.9 Å². The summed E-state index contributed by atoms with van der Waals surface area (Å²) in [6.07, 6.45) is 0. The summed E-state index contributed by atoms with van der Waals surface area (Å²) in [5.74, 6) is 0.620. The summed E-state index contributed by atoms with van der Waals surface area (Å²) < 4.78 is 6.63. The van der Waals surface area contributed by atoms with Crippen LogP contribution in [0.2, 0.25) is 10.0 Å². The number of rotatable bonds is 6.